The Morgan fingerprint density at radius 3 is 2.65 bits per heavy atom. The second-order valence-electron chi connectivity index (χ2n) is 6.10. The Labute approximate surface area is 137 Å². The van der Waals surface area contributed by atoms with Gasteiger partial charge in [0, 0.05) is 31.4 Å². The van der Waals surface area contributed by atoms with Gasteiger partial charge in [0.15, 0.2) is 0 Å². The first-order chi connectivity index (χ1) is 10.9. The smallest absolute Gasteiger partial charge is 0.242 e. The van der Waals surface area contributed by atoms with E-state index < -0.39 is 0 Å². The summed E-state index contributed by atoms with van der Waals surface area (Å²) in [5, 5.41) is 7.30. The van der Waals surface area contributed by atoms with Crippen LogP contribution in [0.2, 0.25) is 0 Å². The summed E-state index contributed by atoms with van der Waals surface area (Å²) in [7, 11) is 0. The third-order valence-corrected chi connectivity index (χ3v) is 3.82. The Hall–Kier alpha value is -2.18. The van der Waals surface area contributed by atoms with E-state index in [4.69, 9.17) is 0 Å². The van der Waals surface area contributed by atoms with Crippen LogP contribution in [0.1, 0.15) is 56.6 Å². The molecule has 7 nitrogen and oxygen atoms in total. The van der Waals surface area contributed by atoms with E-state index in [-0.39, 0.29) is 11.9 Å². The minimum atomic E-state index is -0.259. The predicted molar refractivity (Wildman–Crippen MR) is 88.1 cm³/mol. The van der Waals surface area contributed by atoms with Crippen molar-refractivity contribution in [3.05, 3.63) is 29.9 Å². The van der Waals surface area contributed by atoms with Crippen molar-refractivity contribution in [2.45, 2.75) is 59.5 Å². The van der Waals surface area contributed by atoms with E-state index in [1.54, 1.807) is 6.20 Å². The van der Waals surface area contributed by atoms with Crippen LogP contribution in [0.25, 0.3) is 0 Å². The van der Waals surface area contributed by atoms with E-state index in [2.05, 4.69) is 34.2 Å². The zero-order chi connectivity index (χ0) is 17.0. The molecule has 0 saturated carbocycles. The fourth-order valence-electron chi connectivity index (χ4n) is 2.59. The van der Waals surface area contributed by atoms with Gasteiger partial charge in [0.1, 0.15) is 23.5 Å². The van der Waals surface area contributed by atoms with Gasteiger partial charge in [-0.15, -0.1) is 0 Å². The van der Waals surface area contributed by atoms with Gasteiger partial charge in [-0.05, 0) is 27.2 Å². The molecule has 0 unspecified atom stereocenters. The Morgan fingerprint density at radius 2 is 2.04 bits per heavy atom. The van der Waals surface area contributed by atoms with Crippen molar-refractivity contribution in [1.29, 1.82) is 0 Å². The van der Waals surface area contributed by atoms with E-state index >= 15 is 0 Å². The second kappa shape index (κ2) is 7.39. The maximum atomic E-state index is 12.3. The monoisotopic (exact) mass is 318 g/mol. The first-order valence-corrected chi connectivity index (χ1v) is 8.08. The maximum absolute atomic E-state index is 12.3. The highest BCUT2D eigenvalue weighted by atomic mass is 16.2. The van der Waals surface area contributed by atoms with Gasteiger partial charge in [0.2, 0.25) is 5.91 Å². The number of aromatic nitrogens is 5. The van der Waals surface area contributed by atoms with Gasteiger partial charge in [-0.25, -0.2) is 9.97 Å². The molecule has 1 amide bonds. The number of nitrogens with zero attached hydrogens (tertiary/aromatic N) is 5. The van der Waals surface area contributed by atoms with Gasteiger partial charge >= 0.3 is 0 Å². The Morgan fingerprint density at radius 1 is 1.30 bits per heavy atom. The summed E-state index contributed by atoms with van der Waals surface area (Å²) in [5.41, 5.74) is 0. The summed E-state index contributed by atoms with van der Waals surface area (Å²) < 4.78 is 3.81. The number of carbonyl (C=O) groups is 1. The first-order valence-electron chi connectivity index (χ1n) is 8.08. The van der Waals surface area contributed by atoms with Crippen LogP contribution in [0.4, 0.5) is 0 Å². The largest absolute Gasteiger partial charge is 0.354 e. The zero-order valence-corrected chi connectivity index (χ0v) is 14.6. The van der Waals surface area contributed by atoms with Crippen LogP contribution >= 0.6 is 0 Å². The van der Waals surface area contributed by atoms with E-state index in [0.717, 1.165) is 30.4 Å². The van der Waals surface area contributed by atoms with Crippen molar-refractivity contribution in [1.82, 2.24) is 29.6 Å². The number of amides is 1. The fourth-order valence-corrected chi connectivity index (χ4v) is 2.59. The lowest BCUT2D eigenvalue weighted by Crippen LogP contribution is -2.32. The molecule has 2 aromatic heterocycles. The Kier molecular flexibility index (Phi) is 5.52. The lowest BCUT2D eigenvalue weighted by atomic mass is 10.2. The highest BCUT2D eigenvalue weighted by Gasteiger charge is 2.18. The number of imidazole rings is 1. The average Bonchev–Trinajstić information content (AvgIpc) is 3.09. The van der Waals surface area contributed by atoms with Crippen molar-refractivity contribution in [2.75, 3.05) is 6.54 Å². The highest BCUT2D eigenvalue weighted by molar-refractivity contribution is 5.79. The molecule has 0 aliphatic carbocycles. The van der Waals surface area contributed by atoms with Gasteiger partial charge in [-0.2, -0.15) is 5.10 Å². The second-order valence-corrected chi connectivity index (χ2v) is 6.10. The number of rotatable bonds is 7. The number of carbonyl (C=O) groups excluding carboxylic acids is 1. The van der Waals surface area contributed by atoms with Crippen molar-refractivity contribution in [2.24, 2.45) is 0 Å². The van der Waals surface area contributed by atoms with Crippen LogP contribution in [0.5, 0.6) is 0 Å². The van der Waals surface area contributed by atoms with Crippen molar-refractivity contribution < 1.29 is 4.79 Å². The van der Waals surface area contributed by atoms with E-state index in [1.807, 2.05) is 36.2 Å². The Balaban J connectivity index is 1.82. The van der Waals surface area contributed by atoms with Gasteiger partial charge in [-0.1, -0.05) is 13.8 Å². The molecule has 0 saturated heterocycles. The molecule has 2 rings (SSSR count). The number of aryl methyl sites for hydroxylation is 3. The summed E-state index contributed by atoms with van der Waals surface area (Å²) in [6.45, 7) is 11.2. The molecule has 1 N–H and O–H groups in total. The molecule has 0 bridgehead atoms. The SMILES string of the molecule is Cc1nc(C)n(CCCNC(=O)[C@H](C)n2ccnc2C(C)C)n1. The van der Waals surface area contributed by atoms with Gasteiger partial charge in [-0.3, -0.25) is 9.48 Å². The van der Waals surface area contributed by atoms with Crippen LogP contribution in [0.3, 0.4) is 0 Å². The molecule has 0 fully saturated rings. The minimum Gasteiger partial charge on any atom is -0.354 e. The summed E-state index contributed by atoms with van der Waals surface area (Å²) in [4.78, 5) is 20.9. The van der Waals surface area contributed by atoms with Crippen LogP contribution in [0, 0.1) is 13.8 Å². The van der Waals surface area contributed by atoms with Crippen molar-refractivity contribution in [3.8, 4) is 0 Å². The number of nitrogens with one attached hydrogen (secondary N) is 1. The van der Waals surface area contributed by atoms with E-state index in [9.17, 15) is 4.79 Å². The highest BCUT2D eigenvalue weighted by Crippen LogP contribution is 2.17. The topological polar surface area (TPSA) is 77.6 Å². The molecular formula is C16H26N6O. The van der Waals surface area contributed by atoms with Crippen LogP contribution in [-0.2, 0) is 11.3 Å². The zero-order valence-electron chi connectivity index (χ0n) is 14.6. The molecular weight excluding hydrogens is 292 g/mol. The van der Waals surface area contributed by atoms with Gasteiger partial charge in [0.25, 0.3) is 0 Å². The molecule has 7 heteroatoms. The molecule has 0 aromatic carbocycles. The molecule has 126 valence electrons. The lowest BCUT2D eigenvalue weighted by molar-refractivity contribution is -0.123. The summed E-state index contributed by atoms with van der Waals surface area (Å²) >= 11 is 0. The molecule has 0 spiro atoms. The van der Waals surface area contributed by atoms with E-state index in [0.29, 0.717) is 12.5 Å². The third-order valence-electron chi connectivity index (χ3n) is 3.82. The first kappa shape index (κ1) is 17.2. The van der Waals surface area contributed by atoms with E-state index in [1.165, 1.54) is 0 Å². The molecule has 2 aromatic rings. The van der Waals surface area contributed by atoms with Crippen LogP contribution in [-0.4, -0.2) is 36.8 Å². The predicted octanol–water partition coefficient (Wildman–Crippen LogP) is 1.98. The fraction of sp³-hybridized carbons (Fsp3) is 0.625. The minimum absolute atomic E-state index is 0.0105. The lowest BCUT2D eigenvalue weighted by Gasteiger charge is -2.17. The molecule has 2 heterocycles. The summed E-state index contributed by atoms with van der Waals surface area (Å²) in [6.07, 6.45) is 4.43. The summed E-state index contributed by atoms with van der Waals surface area (Å²) in [5.74, 6) is 2.92. The third kappa shape index (κ3) is 4.18. The molecule has 1 atom stereocenters. The van der Waals surface area contributed by atoms with Gasteiger partial charge < -0.3 is 9.88 Å². The summed E-state index contributed by atoms with van der Waals surface area (Å²) in [6, 6.07) is -0.259. The average molecular weight is 318 g/mol. The van der Waals surface area contributed by atoms with Crippen LogP contribution < -0.4 is 5.32 Å². The normalized spacial score (nSPS) is 12.6. The van der Waals surface area contributed by atoms with Gasteiger partial charge in [0.05, 0.1) is 0 Å². The van der Waals surface area contributed by atoms with Crippen LogP contribution in [0.15, 0.2) is 12.4 Å². The Bertz CT molecular complexity index is 657. The maximum Gasteiger partial charge on any atom is 0.242 e. The number of hydrogen-bond acceptors (Lipinski definition) is 4. The molecule has 23 heavy (non-hydrogen) atoms. The van der Waals surface area contributed by atoms with Crippen molar-refractivity contribution in [3.63, 3.8) is 0 Å². The number of hydrogen-bond donors (Lipinski definition) is 1. The molecule has 0 aliphatic rings. The quantitative estimate of drug-likeness (QED) is 0.792. The standard InChI is InChI=1S/C16H26N6O/c1-11(2)15-17-8-10-21(15)12(3)16(23)18-7-6-9-22-14(5)19-13(4)20-22/h8,10-12H,6-7,9H2,1-5H3,(H,18,23)/t12-/m0/s1. The molecule has 0 aliphatic heterocycles. The van der Waals surface area contributed by atoms with Crippen molar-refractivity contribution >= 4 is 5.91 Å². The molecule has 0 radical (unpaired) electrons.